The highest BCUT2D eigenvalue weighted by Gasteiger charge is 2.25. The maximum Gasteiger partial charge on any atom is 0.329 e. The topological polar surface area (TPSA) is 197 Å². The third-order valence-electron chi connectivity index (χ3n) is 5.70. The minimum atomic E-state index is -1.02. The summed E-state index contributed by atoms with van der Waals surface area (Å²) in [6, 6.07) is 5.98. The van der Waals surface area contributed by atoms with Gasteiger partial charge in [-0.15, -0.1) is 0 Å². The number of benzene rings is 2. The first-order valence-corrected chi connectivity index (χ1v) is 18.6. The molecule has 0 heterocycles. The number of methoxy groups -OCH3 is 2. The fraction of sp³-hybridized carbons (Fsp3) is 0.385. The number of fused-ring (bicyclic) bond motifs is 1. The van der Waals surface area contributed by atoms with Crippen LogP contribution in [0.2, 0.25) is 0 Å². The van der Waals surface area contributed by atoms with Crippen molar-refractivity contribution in [2.24, 2.45) is 11.5 Å². The summed E-state index contributed by atoms with van der Waals surface area (Å²) in [7, 11) is 6.25. The van der Waals surface area contributed by atoms with Gasteiger partial charge in [-0.25, -0.2) is 9.59 Å². The van der Waals surface area contributed by atoms with E-state index in [2.05, 4.69) is 35.9 Å². The van der Waals surface area contributed by atoms with Crippen LogP contribution in [-0.4, -0.2) is 95.4 Å². The van der Waals surface area contributed by atoms with E-state index < -0.39 is 47.9 Å². The molecule has 0 aromatic heterocycles. The molecular formula is C26H32N4O8S6. The number of hydrogen-bond acceptors (Lipinski definition) is 16. The summed E-state index contributed by atoms with van der Waals surface area (Å²) in [6.45, 7) is 0. The molecule has 2 aromatic rings. The Labute approximate surface area is 281 Å². The Morgan fingerprint density at radius 2 is 1.07 bits per heavy atom. The van der Waals surface area contributed by atoms with E-state index in [0.29, 0.717) is 10.8 Å². The van der Waals surface area contributed by atoms with Gasteiger partial charge in [0, 0.05) is 34.1 Å². The van der Waals surface area contributed by atoms with Gasteiger partial charge in [0.25, 0.3) is 11.8 Å². The lowest BCUT2D eigenvalue weighted by Crippen LogP contribution is -2.43. The molecule has 0 aliphatic heterocycles. The number of hydrogen-bond donors (Lipinski definition) is 6. The lowest BCUT2D eigenvalue weighted by atomic mass is 10.0. The Morgan fingerprint density at radius 1 is 0.705 bits per heavy atom. The van der Waals surface area contributed by atoms with Gasteiger partial charge in [0.1, 0.15) is 12.1 Å². The molecule has 2 rings (SSSR count). The van der Waals surface area contributed by atoms with Crippen molar-refractivity contribution >= 4 is 113 Å². The van der Waals surface area contributed by atoms with Gasteiger partial charge in [0.05, 0.1) is 26.3 Å². The molecule has 12 nitrogen and oxygen atoms in total. The molecule has 0 bridgehead atoms. The van der Waals surface area contributed by atoms with Crippen LogP contribution in [0, 0.1) is 0 Å². The summed E-state index contributed by atoms with van der Waals surface area (Å²) in [5.74, 6) is -1.96. The molecule has 0 aliphatic carbocycles. The molecule has 18 heteroatoms. The van der Waals surface area contributed by atoms with Crippen LogP contribution in [0.15, 0.2) is 36.4 Å². The average molecular weight is 721 g/mol. The van der Waals surface area contributed by atoms with Crippen LogP contribution in [0.5, 0.6) is 0 Å². The van der Waals surface area contributed by atoms with Gasteiger partial charge in [0.2, 0.25) is 10.2 Å². The Morgan fingerprint density at radius 3 is 1.39 bits per heavy atom. The zero-order chi connectivity index (χ0) is 32.8. The summed E-state index contributed by atoms with van der Waals surface area (Å²) >= 11 is 7.98. The number of thiol groups is 2. The second-order valence-corrected chi connectivity index (χ2v) is 14.2. The number of carbonyl (C=O) groups is 6. The van der Waals surface area contributed by atoms with Crippen molar-refractivity contribution < 1.29 is 38.2 Å². The first-order valence-electron chi connectivity index (χ1n) is 12.7. The van der Waals surface area contributed by atoms with Crippen LogP contribution in [0.25, 0.3) is 10.8 Å². The largest absolute Gasteiger partial charge is 0.467 e. The minimum absolute atomic E-state index is 0.0590. The molecule has 2 aromatic carbocycles. The maximum absolute atomic E-state index is 13.0. The number of rotatable bonds is 16. The zero-order valence-electron chi connectivity index (χ0n) is 23.6. The second-order valence-electron chi connectivity index (χ2n) is 8.83. The molecule has 44 heavy (non-hydrogen) atoms. The molecule has 0 aliphatic rings. The van der Waals surface area contributed by atoms with Crippen LogP contribution in [-0.2, 0) is 28.7 Å². The molecule has 0 saturated heterocycles. The van der Waals surface area contributed by atoms with E-state index in [4.69, 9.17) is 20.9 Å². The van der Waals surface area contributed by atoms with Gasteiger partial charge in [0.15, 0.2) is 0 Å². The molecule has 4 atom stereocenters. The fourth-order valence-electron chi connectivity index (χ4n) is 3.23. The molecule has 0 fully saturated rings. The van der Waals surface area contributed by atoms with E-state index in [9.17, 15) is 28.8 Å². The fourth-order valence-corrected chi connectivity index (χ4v) is 7.96. The van der Waals surface area contributed by atoms with E-state index in [-0.39, 0.29) is 44.4 Å². The van der Waals surface area contributed by atoms with Crippen LogP contribution in [0.4, 0.5) is 0 Å². The van der Waals surface area contributed by atoms with Crippen molar-refractivity contribution in [1.29, 1.82) is 0 Å². The van der Waals surface area contributed by atoms with Crippen LogP contribution in [0.1, 0.15) is 20.7 Å². The van der Waals surface area contributed by atoms with Crippen LogP contribution < -0.4 is 22.1 Å². The van der Waals surface area contributed by atoms with E-state index in [1.807, 2.05) is 0 Å². The van der Waals surface area contributed by atoms with E-state index in [1.165, 1.54) is 26.4 Å². The Kier molecular flexibility index (Phi) is 16.9. The minimum Gasteiger partial charge on any atom is -0.467 e. The van der Waals surface area contributed by atoms with Gasteiger partial charge >= 0.3 is 11.9 Å². The first kappa shape index (κ1) is 38.1. The molecule has 0 radical (unpaired) electrons. The van der Waals surface area contributed by atoms with Crippen molar-refractivity contribution in [3.63, 3.8) is 0 Å². The second kappa shape index (κ2) is 19.5. The van der Waals surface area contributed by atoms with Crippen molar-refractivity contribution in [3.05, 3.63) is 47.5 Å². The summed E-state index contributed by atoms with van der Waals surface area (Å²) in [5, 5.41) is 5.90. The Balaban J connectivity index is 2.09. The molecule has 240 valence electrons. The number of carbonyl (C=O) groups excluding carboxylic acids is 6. The number of amides is 2. The Bertz CT molecular complexity index is 1270. The molecule has 0 spiro atoms. The van der Waals surface area contributed by atoms with E-state index in [0.717, 1.165) is 43.2 Å². The summed E-state index contributed by atoms with van der Waals surface area (Å²) in [6.07, 6.45) is 0. The van der Waals surface area contributed by atoms with Crippen molar-refractivity contribution in [1.82, 2.24) is 10.6 Å². The van der Waals surface area contributed by atoms with E-state index in [1.54, 1.807) is 24.3 Å². The molecule has 2 amide bonds. The lowest BCUT2D eigenvalue weighted by molar-refractivity contribution is -0.143. The highest BCUT2D eigenvalue weighted by atomic mass is 33.1. The van der Waals surface area contributed by atoms with Gasteiger partial charge in [-0.05, 0) is 56.6 Å². The summed E-state index contributed by atoms with van der Waals surface area (Å²) in [4.78, 5) is 74.3. The standard InChI is InChI=1S/C26H32N4O8S6/c1-37-23(33)19(11-41-43-25(35)17(27)9-39)29-21(31)15-5-3-14-8-16(6-4-13(14)7-15)22(32)30-20(24(34)38-2)12-42-44-26(36)18(28)10-40/h3-8,17-20,39-40H,9-12,27-28H2,1-2H3,(H,29,31)(H,30,32)/t17-,18-,19?,20?/m0/s1. The van der Waals surface area contributed by atoms with Crippen LogP contribution >= 0.6 is 68.4 Å². The summed E-state index contributed by atoms with van der Waals surface area (Å²) < 4.78 is 9.57. The van der Waals surface area contributed by atoms with Crippen LogP contribution in [0.3, 0.4) is 0 Å². The molecular weight excluding hydrogens is 689 g/mol. The molecule has 2 unspecified atom stereocenters. The number of esters is 2. The number of nitrogens with two attached hydrogens (primary N) is 2. The van der Waals surface area contributed by atoms with Crippen molar-refractivity contribution in [3.8, 4) is 0 Å². The van der Waals surface area contributed by atoms with Gasteiger partial charge in [-0.3, -0.25) is 19.2 Å². The zero-order valence-corrected chi connectivity index (χ0v) is 28.6. The summed E-state index contributed by atoms with van der Waals surface area (Å²) in [5.41, 5.74) is 11.8. The van der Waals surface area contributed by atoms with E-state index >= 15 is 0 Å². The van der Waals surface area contributed by atoms with Gasteiger partial charge in [-0.1, -0.05) is 33.7 Å². The van der Waals surface area contributed by atoms with Crippen molar-refractivity contribution in [2.75, 3.05) is 37.2 Å². The predicted octanol–water partition coefficient (Wildman–Crippen LogP) is 1.71. The number of nitrogens with one attached hydrogen (secondary N) is 2. The smallest absolute Gasteiger partial charge is 0.329 e. The third kappa shape index (κ3) is 11.7. The van der Waals surface area contributed by atoms with Gasteiger partial charge in [-0.2, -0.15) is 25.3 Å². The van der Waals surface area contributed by atoms with Crippen molar-refractivity contribution in [2.45, 2.75) is 24.2 Å². The Hall–Kier alpha value is -2.06. The maximum atomic E-state index is 13.0. The molecule has 0 saturated carbocycles. The quantitative estimate of drug-likeness (QED) is 0.0833. The first-order chi connectivity index (χ1) is 20.9. The van der Waals surface area contributed by atoms with Gasteiger partial charge < -0.3 is 31.6 Å². The average Bonchev–Trinajstić information content (AvgIpc) is 3.04. The normalized spacial score (nSPS) is 13.7. The monoisotopic (exact) mass is 720 g/mol. The highest BCUT2D eigenvalue weighted by molar-refractivity contribution is 8.82. The number of ether oxygens (including phenoxy) is 2. The predicted molar refractivity (Wildman–Crippen MR) is 184 cm³/mol. The third-order valence-corrected chi connectivity index (χ3v) is 11.1. The molecule has 6 N–H and O–H groups in total. The lowest BCUT2D eigenvalue weighted by Gasteiger charge is -2.17. The highest BCUT2D eigenvalue weighted by Crippen LogP contribution is 2.26. The SMILES string of the molecule is COC(=O)C(CSSC(=O)[C@@H](N)CS)NC(=O)c1ccc2cc(C(=O)NC(CSSC(=O)[C@@H](N)CS)C(=O)OC)ccc2c1.